The summed E-state index contributed by atoms with van der Waals surface area (Å²) in [6.07, 6.45) is 1.49. The van der Waals surface area contributed by atoms with E-state index in [0.29, 0.717) is 12.8 Å². The average Bonchev–Trinajstić information content (AvgIpc) is 1.88. The fourth-order valence-corrected chi connectivity index (χ4v) is 1.40. The number of rotatable bonds is 1. The third-order valence-electron chi connectivity index (χ3n) is 2.16. The summed E-state index contributed by atoms with van der Waals surface area (Å²) < 4.78 is 0. The zero-order valence-electron chi connectivity index (χ0n) is 5.90. The molecule has 0 unspecified atom stereocenters. The summed E-state index contributed by atoms with van der Waals surface area (Å²) in [5.41, 5.74) is 0. The van der Waals surface area contributed by atoms with Crippen LogP contribution in [0.3, 0.4) is 0 Å². The maximum Gasteiger partial charge on any atom is 0.154 e. The fraction of sp³-hybridized carbons (Fsp3) is 1.00. The third-order valence-corrected chi connectivity index (χ3v) is 2.16. The first-order valence-corrected chi connectivity index (χ1v) is 3.74. The van der Waals surface area contributed by atoms with Crippen molar-refractivity contribution in [2.75, 3.05) is 0 Å². The van der Waals surface area contributed by atoms with Gasteiger partial charge >= 0.3 is 0 Å². The lowest BCUT2D eigenvalue weighted by molar-refractivity contribution is -0.0999. The molecule has 0 aromatic heterocycles. The molecule has 10 heavy (non-hydrogen) atoms. The van der Waals surface area contributed by atoms with Crippen LogP contribution in [0.15, 0.2) is 0 Å². The molecule has 1 fully saturated rings. The molecule has 1 aliphatic carbocycles. The highest BCUT2D eigenvalue weighted by molar-refractivity contribution is 4.72. The Kier molecular flexibility index (Phi) is 2.65. The monoisotopic (exact) mass is 146 g/mol. The molecule has 3 heteroatoms. The molecule has 0 radical (unpaired) electrons. The molecule has 1 aliphatic rings. The van der Waals surface area contributed by atoms with E-state index < -0.39 is 6.29 Å². The molecule has 0 aromatic rings. The lowest BCUT2D eigenvalue weighted by Gasteiger charge is -2.26. The van der Waals surface area contributed by atoms with Crippen molar-refractivity contribution in [3.63, 3.8) is 0 Å². The van der Waals surface area contributed by atoms with E-state index in [1.165, 1.54) is 0 Å². The van der Waals surface area contributed by atoms with E-state index in [9.17, 15) is 0 Å². The lowest BCUT2D eigenvalue weighted by atomic mass is 9.87. The summed E-state index contributed by atoms with van der Waals surface area (Å²) in [6, 6.07) is 0. The van der Waals surface area contributed by atoms with E-state index in [2.05, 4.69) is 0 Å². The van der Waals surface area contributed by atoms with Gasteiger partial charge in [0.15, 0.2) is 6.29 Å². The first-order valence-electron chi connectivity index (χ1n) is 3.74. The minimum atomic E-state index is -1.19. The first-order chi connectivity index (χ1) is 4.70. The van der Waals surface area contributed by atoms with Gasteiger partial charge < -0.3 is 15.3 Å². The smallest absolute Gasteiger partial charge is 0.154 e. The summed E-state index contributed by atoms with van der Waals surface area (Å²) in [6.45, 7) is 0. The summed E-state index contributed by atoms with van der Waals surface area (Å²) >= 11 is 0. The van der Waals surface area contributed by atoms with Crippen molar-refractivity contribution < 1.29 is 15.3 Å². The number of aliphatic hydroxyl groups is 3. The van der Waals surface area contributed by atoms with Crippen molar-refractivity contribution >= 4 is 0 Å². The zero-order chi connectivity index (χ0) is 7.56. The molecule has 60 valence electrons. The highest BCUT2D eigenvalue weighted by Gasteiger charge is 2.23. The highest BCUT2D eigenvalue weighted by Crippen LogP contribution is 2.25. The molecule has 0 heterocycles. The predicted molar refractivity (Wildman–Crippen MR) is 36.2 cm³/mol. The Morgan fingerprint density at radius 2 is 1.50 bits per heavy atom. The fourth-order valence-electron chi connectivity index (χ4n) is 1.40. The van der Waals surface area contributed by atoms with Crippen LogP contribution >= 0.6 is 0 Å². The van der Waals surface area contributed by atoms with E-state index >= 15 is 0 Å². The minimum absolute atomic E-state index is 0.0107. The van der Waals surface area contributed by atoms with Gasteiger partial charge in [-0.15, -0.1) is 0 Å². The SMILES string of the molecule is OC1CCC(C(O)O)CC1. The summed E-state index contributed by atoms with van der Waals surface area (Å²) in [5, 5.41) is 26.5. The van der Waals surface area contributed by atoms with Crippen molar-refractivity contribution in [3.8, 4) is 0 Å². The second kappa shape index (κ2) is 3.32. The molecule has 0 bridgehead atoms. The normalized spacial score (nSPS) is 34.8. The summed E-state index contributed by atoms with van der Waals surface area (Å²) in [5.74, 6) is -0.0107. The molecular weight excluding hydrogens is 132 g/mol. The standard InChI is InChI=1S/C7H14O3/c8-6-3-1-5(2-4-6)7(9)10/h5-10H,1-4H2. The topological polar surface area (TPSA) is 60.7 Å². The zero-order valence-corrected chi connectivity index (χ0v) is 5.90. The second-order valence-electron chi connectivity index (χ2n) is 2.98. The van der Waals surface area contributed by atoms with Crippen LogP contribution in [0.2, 0.25) is 0 Å². The predicted octanol–water partition coefficient (Wildman–Crippen LogP) is -0.152. The Balaban J connectivity index is 2.26. The Morgan fingerprint density at radius 1 is 1.00 bits per heavy atom. The third kappa shape index (κ3) is 1.94. The first kappa shape index (κ1) is 7.98. The van der Waals surface area contributed by atoms with Gasteiger partial charge in [0.25, 0.3) is 0 Å². The number of hydrogen-bond acceptors (Lipinski definition) is 3. The van der Waals surface area contributed by atoms with Crippen molar-refractivity contribution in [2.24, 2.45) is 5.92 Å². The van der Waals surface area contributed by atoms with Gasteiger partial charge in [-0.3, -0.25) is 0 Å². The molecule has 1 saturated carbocycles. The molecule has 1 rings (SSSR count). The van der Waals surface area contributed by atoms with Gasteiger partial charge in [0.1, 0.15) is 0 Å². The van der Waals surface area contributed by atoms with E-state index in [1.807, 2.05) is 0 Å². The van der Waals surface area contributed by atoms with Crippen LogP contribution in [-0.4, -0.2) is 27.7 Å². The van der Waals surface area contributed by atoms with Gasteiger partial charge in [-0.25, -0.2) is 0 Å². The quantitative estimate of drug-likeness (QED) is 0.451. The van der Waals surface area contributed by atoms with E-state index in [-0.39, 0.29) is 12.0 Å². The van der Waals surface area contributed by atoms with Gasteiger partial charge in [0.05, 0.1) is 6.10 Å². The van der Waals surface area contributed by atoms with Gasteiger partial charge in [-0.05, 0) is 25.7 Å². The van der Waals surface area contributed by atoms with Gasteiger partial charge in [-0.1, -0.05) is 0 Å². The molecule has 0 saturated heterocycles. The molecule has 0 atom stereocenters. The summed E-state index contributed by atoms with van der Waals surface area (Å²) in [4.78, 5) is 0. The van der Waals surface area contributed by atoms with Gasteiger partial charge in [-0.2, -0.15) is 0 Å². The van der Waals surface area contributed by atoms with E-state index in [0.717, 1.165) is 12.8 Å². The van der Waals surface area contributed by atoms with Crippen LogP contribution in [-0.2, 0) is 0 Å². The van der Waals surface area contributed by atoms with E-state index in [1.54, 1.807) is 0 Å². The lowest BCUT2D eigenvalue weighted by Crippen LogP contribution is -2.27. The van der Waals surface area contributed by atoms with Crippen molar-refractivity contribution in [1.82, 2.24) is 0 Å². The highest BCUT2D eigenvalue weighted by atomic mass is 16.5. The van der Waals surface area contributed by atoms with Crippen LogP contribution in [0.5, 0.6) is 0 Å². The largest absolute Gasteiger partial charge is 0.393 e. The number of hydrogen-bond donors (Lipinski definition) is 3. The van der Waals surface area contributed by atoms with Crippen molar-refractivity contribution in [3.05, 3.63) is 0 Å². The van der Waals surface area contributed by atoms with Crippen LogP contribution in [0, 0.1) is 5.92 Å². The second-order valence-corrected chi connectivity index (χ2v) is 2.98. The van der Waals surface area contributed by atoms with E-state index in [4.69, 9.17) is 15.3 Å². The van der Waals surface area contributed by atoms with Gasteiger partial charge in [0.2, 0.25) is 0 Å². The Bertz CT molecular complexity index is 95.0. The van der Waals surface area contributed by atoms with Crippen LogP contribution in [0.4, 0.5) is 0 Å². The van der Waals surface area contributed by atoms with Crippen LogP contribution in [0.1, 0.15) is 25.7 Å². The van der Waals surface area contributed by atoms with Crippen molar-refractivity contribution in [1.29, 1.82) is 0 Å². The van der Waals surface area contributed by atoms with Gasteiger partial charge in [0, 0.05) is 5.92 Å². The molecule has 0 spiro atoms. The molecule has 0 aliphatic heterocycles. The molecule has 0 aromatic carbocycles. The molecule has 0 amide bonds. The Morgan fingerprint density at radius 3 is 1.90 bits per heavy atom. The van der Waals surface area contributed by atoms with Crippen LogP contribution in [0.25, 0.3) is 0 Å². The van der Waals surface area contributed by atoms with Crippen LogP contribution < -0.4 is 0 Å². The maximum absolute atomic E-state index is 9.05. The Hall–Kier alpha value is -0.120. The average molecular weight is 146 g/mol. The molecule has 3 N–H and O–H groups in total. The molecular formula is C7H14O3. The summed E-state index contributed by atoms with van der Waals surface area (Å²) in [7, 11) is 0. The molecule has 3 nitrogen and oxygen atoms in total. The maximum atomic E-state index is 9.05. The van der Waals surface area contributed by atoms with Crippen molar-refractivity contribution in [2.45, 2.75) is 38.1 Å². The number of aliphatic hydroxyl groups excluding tert-OH is 2. The Labute approximate surface area is 60.3 Å². The minimum Gasteiger partial charge on any atom is -0.393 e.